The first-order chi connectivity index (χ1) is 10.6. The van der Waals surface area contributed by atoms with E-state index in [1.54, 1.807) is 4.68 Å². The van der Waals surface area contributed by atoms with Crippen molar-refractivity contribution in [2.24, 2.45) is 0 Å². The van der Waals surface area contributed by atoms with E-state index in [1.165, 1.54) is 23.1 Å². The summed E-state index contributed by atoms with van der Waals surface area (Å²) in [7, 11) is 0. The fraction of sp³-hybridized carbons (Fsp3) is 0.400. The summed E-state index contributed by atoms with van der Waals surface area (Å²) < 4.78 is 3.30. The van der Waals surface area contributed by atoms with Crippen LogP contribution in [-0.4, -0.2) is 38.9 Å². The summed E-state index contributed by atoms with van der Waals surface area (Å²) in [6, 6.07) is 9.84. The lowest BCUT2D eigenvalue weighted by molar-refractivity contribution is -0.129. The summed E-state index contributed by atoms with van der Waals surface area (Å²) in [6.07, 6.45) is 2.23. The Morgan fingerprint density at radius 3 is 2.68 bits per heavy atom. The van der Waals surface area contributed by atoms with Crippen LogP contribution in [0.4, 0.5) is 0 Å². The molecule has 0 spiro atoms. The third kappa shape index (κ3) is 3.42. The highest BCUT2D eigenvalue weighted by Gasteiger charge is 2.25. The lowest BCUT2D eigenvalue weighted by Crippen LogP contribution is -2.33. The standard InChI is InChI=1S/C15H17N3OS3/c1-11(13(19)17-9-5-6-10-17)21-14-16-18(15(20)22-14)12-7-3-2-4-8-12/h2-4,7-8,11H,5-6,9-10H2,1H3/t11-/m0/s1. The van der Waals surface area contributed by atoms with Crippen molar-refractivity contribution in [2.75, 3.05) is 13.1 Å². The highest BCUT2D eigenvalue weighted by molar-refractivity contribution is 8.02. The fourth-order valence-corrected chi connectivity index (χ4v) is 5.03. The van der Waals surface area contributed by atoms with Gasteiger partial charge in [-0.1, -0.05) is 41.3 Å². The van der Waals surface area contributed by atoms with Crippen LogP contribution in [0.25, 0.3) is 5.69 Å². The predicted molar refractivity (Wildman–Crippen MR) is 93.4 cm³/mol. The second kappa shape index (κ2) is 6.93. The second-order valence-electron chi connectivity index (χ2n) is 5.17. The van der Waals surface area contributed by atoms with E-state index in [4.69, 9.17) is 12.2 Å². The smallest absolute Gasteiger partial charge is 0.235 e. The van der Waals surface area contributed by atoms with Crippen LogP contribution in [0.1, 0.15) is 19.8 Å². The molecule has 1 aliphatic heterocycles. The number of rotatable bonds is 4. The molecular formula is C15H17N3OS3. The maximum atomic E-state index is 12.4. The topological polar surface area (TPSA) is 38.1 Å². The molecule has 0 aliphatic carbocycles. The second-order valence-corrected chi connectivity index (χ2v) is 8.38. The first-order valence-electron chi connectivity index (χ1n) is 7.26. The number of carbonyl (C=O) groups excluding carboxylic acids is 1. The number of carbonyl (C=O) groups is 1. The fourth-order valence-electron chi connectivity index (χ4n) is 2.44. The van der Waals surface area contributed by atoms with E-state index in [-0.39, 0.29) is 11.2 Å². The molecule has 2 aromatic rings. The zero-order valence-corrected chi connectivity index (χ0v) is 14.7. The van der Waals surface area contributed by atoms with Crippen LogP contribution < -0.4 is 0 Å². The Morgan fingerprint density at radius 2 is 2.00 bits per heavy atom. The molecule has 1 aromatic carbocycles. The molecular weight excluding hydrogens is 334 g/mol. The van der Waals surface area contributed by atoms with Crippen LogP contribution >= 0.6 is 35.3 Å². The number of likely N-dealkylation sites (tertiary alicyclic amines) is 1. The zero-order chi connectivity index (χ0) is 15.5. The third-order valence-electron chi connectivity index (χ3n) is 3.57. The highest BCUT2D eigenvalue weighted by atomic mass is 32.2. The van der Waals surface area contributed by atoms with Gasteiger partial charge in [0.15, 0.2) is 8.29 Å². The lowest BCUT2D eigenvalue weighted by atomic mass is 10.3. The molecule has 2 heterocycles. The van der Waals surface area contributed by atoms with Gasteiger partial charge in [0.2, 0.25) is 5.91 Å². The molecule has 1 atom stereocenters. The van der Waals surface area contributed by atoms with Crippen molar-refractivity contribution in [1.29, 1.82) is 0 Å². The van der Waals surface area contributed by atoms with Gasteiger partial charge in [0.05, 0.1) is 10.9 Å². The molecule has 116 valence electrons. The molecule has 0 bridgehead atoms. The van der Waals surface area contributed by atoms with Gasteiger partial charge >= 0.3 is 0 Å². The van der Waals surface area contributed by atoms with Crippen LogP contribution in [-0.2, 0) is 4.79 Å². The molecule has 1 aliphatic rings. The Hall–Kier alpha value is -1.18. The molecule has 1 fully saturated rings. The summed E-state index contributed by atoms with van der Waals surface area (Å²) in [4.78, 5) is 14.3. The van der Waals surface area contributed by atoms with Gasteiger partial charge in [-0.05, 0) is 44.1 Å². The molecule has 0 saturated carbocycles. The normalized spacial score (nSPS) is 16.0. The highest BCUT2D eigenvalue weighted by Crippen LogP contribution is 2.29. The molecule has 1 aromatic heterocycles. The van der Waals surface area contributed by atoms with Crippen molar-refractivity contribution in [1.82, 2.24) is 14.7 Å². The van der Waals surface area contributed by atoms with Crippen molar-refractivity contribution in [2.45, 2.75) is 29.4 Å². The minimum atomic E-state index is -0.122. The van der Waals surface area contributed by atoms with Gasteiger partial charge < -0.3 is 4.90 Å². The Labute approximate surface area is 143 Å². The Bertz CT molecular complexity index is 704. The van der Waals surface area contributed by atoms with E-state index in [2.05, 4.69) is 5.10 Å². The van der Waals surface area contributed by atoms with Crippen molar-refractivity contribution in [3.8, 4) is 5.69 Å². The predicted octanol–water partition coefficient (Wildman–Crippen LogP) is 3.77. The SMILES string of the molecule is C[C@H](Sc1nn(-c2ccccc2)c(=S)s1)C(=O)N1CCCC1. The summed E-state index contributed by atoms with van der Waals surface area (Å²) in [5.41, 5.74) is 0.953. The van der Waals surface area contributed by atoms with Crippen LogP contribution in [0.2, 0.25) is 0 Å². The minimum absolute atomic E-state index is 0.122. The van der Waals surface area contributed by atoms with Gasteiger partial charge in [-0.15, -0.1) is 5.10 Å². The third-order valence-corrected chi connectivity index (χ3v) is 5.98. The number of thioether (sulfide) groups is 1. The van der Waals surface area contributed by atoms with Crippen molar-refractivity contribution >= 4 is 41.2 Å². The van der Waals surface area contributed by atoms with Gasteiger partial charge in [0, 0.05) is 13.1 Å². The zero-order valence-electron chi connectivity index (χ0n) is 12.3. The van der Waals surface area contributed by atoms with Crippen LogP contribution in [0, 0.1) is 3.95 Å². The quantitative estimate of drug-likeness (QED) is 0.621. The average Bonchev–Trinajstić information content (AvgIpc) is 3.17. The van der Waals surface area contributed by atoms with Gasteiger partial charge in [-0.2, -0.15) is 0 Å². The molecule has 4 nitrogen and oxygen atoms in total. The largest absolute Gasteiger partial charge is 0.342 e. The van der Waals surface area contributed by atoms with E-state index in [9.17, 15) is 4.79 Å². The number of para-hydroxylation sites is 1. The number of amides is 1. The molecule has 22 heavy (non-hydrogen) atoms. The minimum Gasteiger partial charge on any atom is -0.342 e. The average molecular weight is 352 g/mol. The summed E-state index contributed by atoms with van der Waals surface area (Å²) in [5, 5.41) is 4.43. The monoisotopic (exact) mass is 351 g/mol. The van der Waals surface area contributed by atoms with E-state index in [1.807, 2.05) is 42.2 Å². The van der Waals surface area contributed by atoms with Gasteiger partial charge in [-0.25, -0.2) is 4.68 Å². The van der Waals surface area contributed by atoms with E-state index in [0.717, 1.165) is 36.0 Å². The number of hydrogen-bond donors (Lipinski definition) is 0. The Balaban J connectivity index is 1.73. The Kier molecular flexibility index (Phi) is 4.95. The first-order valence-corrected chi connectivity index (χ1v) is 9.36. The molecule has 0 N–H and O–H groups in total. The van der Waals surface area contributed by atoms with Crippen molar-refractivity contribution < 1.29 is 4.79 Å². The van der Waals surface area contributed by atoms with Gasteiger partial charge in [0.25, 0.3) is 0 Å². The van der Waals surface area contributed by atoms with Crippen molar-refractivity contribution in [3.05, 3.63) is 34.3 Å². The number of hydrogen-bond acceptors (Lipinski definition) is 5. The first kappa shape index (κ1) is 15.7. The molecule has 0 radical (unpaired) electrons. The molecule has 1 saturated heterocycles. The molecule has 1 amide bonds. The number of benzene rings is 1. The summed E-state index contributed by atoms with van der Waals surface area (Å²) in [5.74, 6) is 0.204. The molecule has 3 rings (SSSR count). The van der Waals surface area contributed by atoms with Crippen molar-refractivity contribution in [3.63, 3.8) is 0 Å². The van der Waals surface area contributed by atoms with E-state index < -0.39 is 0 Å². The van der Waals surface area contributed by atoms with Gasteiger partial charge in [-0.3, -0.25) is 4.79 Å². The summed E-state index contributed by atoms with van der Waals surface area (Å²) >= 11 is 8.34. The summed E-state index contributed by atoms with van der Waals surface area (Å²) in [6.45, 7) is 3.72. The maximum Gasteiger partial charge on any atom is 0.235 e. The van der Waals surface area contributed by atoms with Gasteiger partial charge in [0.1, 0.15) is 0 Å². The van der Waals surface area contributed by atoms with E-state index >= 15 is 0 Å². The van der Waals surface area contributed by atoms with Crippen LogP contribution in [0.3, 0.4) is 0 Å². The molecule has 0 unspecified atom stereocenters. The van der Waals surface area contributed by atoms with Crippen LogP contribution in [0.5, 0.6) is 0 Å². The maximum absolute atomic E-state index is 12.4. The number of aromatic nitrogens is 2. The lowest BCUT2D eigenvalue weighted by Gasteiger charge is -2.18. The molecule has 7 heteroatoms. The van der Waals surface area contributed by atoms with E-state index in [0.29, 0.717) is 3.95 Å². The Morgan fingerprint density at radius 1 is 1.32 bits per heavy atom. The number of nitrogens with zero attached hydrogens (tertiary/aromatic N) is 3. The van der Waals surface area contributed by atoms with Crippen LogP contribution in [0.15, 0.2) is 34.7 Å².